The number of hydrogen-bond donors (Lipinski definition) is 1. The molecule has 1 aromatic rings. The molecule has 0 saturated carbocycles. The van der Waals surface area contributed by atoms with Crippen molar-refractivity contribution in [2.24, 2.45) is 4.99 Å². The molecular weight excluding hydrogens is 290 g/mol. The van der Waals surface area contributed by atoms with E-state index in [4.69, 9.17) is 4.74 Å². The molecule has 0 aliphatic rings. The largest absolute Gasteiger partial charge is 0.495 e. The predicted octanol–water partition coefficient (Wildman–Crippen LogP) is 3.58. The van der Waals surface area contributed by atoms with Crippen molar-refractivity contribution in [3.8, 4) is 0 Å². The van der Waals surface area contributed by atoms with Crippen LogP contribution in [0, 0.1) is 6.92 Å². The number of allylic oxidation sites excluding steroid dienone is 4. The minimum atomic E-state index is -0.152. The molecule has 0 aliphatic heterocycles. The molecular formula is C18H25N3O2. The maximum Gasteiger partial charge on any atom is 0.182 e. The molecule has 0 aliphatic carbocycles. The molecule has 5 nitrogen and oxygen atoms in total. The van der Waals surface area contributed by atoms with Gasteiger partial charge >= 0.3 is 0 Å². The Morgan fingerprint density at radius 1 is 1.39 bits per heavy atom. The summed E-state index contributed by atoms with van der Waals surface area (Å²) in [6, 6.07) is 0. The number of methoxy groups -OCH3 is 1. The average molecular weight is 315 g/mol. The Labute approximate surface area is 138 Å². The summed E-state index contributed by atoms with van der Waals surface area (Å²) in [4.78, 5) is 4.55. The van der Waals surface area contributed by atoms with E-state index in [-0.39, 0.29) is 6.61 Å². The van der Waals surface area contributed by atoms with Crippen molar-refractivity contribution in [3.05, 3.63) is 54.5 Å². The number of nitrogens with zero attached hydrogens (tertiary/aromatic N) is 3. The fourth-order valence-corrected chi connectivity index (χ4v) is 2.17. The highest BCUT2D eigenvalue weighted by molar-refractivity contribution is 5.98. The lowest BCUT2D eigenvalue weighted by Gasteiger charge is -2.06. The molecule has 0 fully saturated rings. The second-order valence-corrected chi connectivity index (χ2v) is 5.33. The van der Waals surface area contributed by atoms with Gasteiger partial charge in [-0.15, -0.1) is 0 Å². The summed E-state index contributed by atoms with van der Waals surface area (Å²) in [5.41, 5.74) is 3.87. The monoisotopic (exact) mass is 315 g/mol. The molecule has 1 N–H and O–H groups in total. The quantitative estimate of drug-likeness (QED) is 0.345. The third kappa shape index (κ3) is 4.53. The summed E-state index contributed by atoms with van der Waals surface area (Å²) in [5.74, 6) is 1.11. The second kappa shape index (κ2) is 8.29. The number of aromatic nitrogens is 2. The zero-order valence-corrected chi connectivity index (χ0v) is 14.4. The highest BCUT2D eigenvalue weighted by Gasteiger charge is 2.17. The molecule has 1 aromatic heterocycles. The summed E-state index contributed by atoms with van der Waals surface area (Å²) in [6.45, 7) is 17.6. The van der Waals surface area contributed by atoms with Gasteiger partial charge in [0.1, 0.15) is 5.76 Å². The molecule has 0 aromatic carbocycles. The fraction of sp³-hybridized carbons (Fsp3) is 0.333. The van der Waals surface area contributed by atoms with E-state index in [1.807, 2.05) is 25.5 Å². The zero-order valence-electron chi connectivity index (χ0n) is 14.4. The minimum Gasteiger partial charge on any atom is -0.495 e. The average Bonchev–Trinajstić information content (AvgIpc) is 2.79. The topological polar surface area (TPSA) is 59.6 Å². The van der Waals surface area contributed by atoms with Crippen LogP contribution in [-0.4, -0.2) is 34.3 Å². The zero-order chi connectivity index (χ0) is 17.6. The molecule has 0 radical (unpaired) electrons. The fourth-order valence-electron chi connectivity index (χ4n) is 2.17. The van der Waals surface area contributed by atoms with E-state index in [1.54, 1.807) is 19.3 Å². The summed E-state index contributed by atoms with van der Waals surface area (Å²) < 4.78 is 7.11. The molecule has 0 spiro atoms. The van der Waals surface area contributed by atoms with E-state index < -0.39 is 0 Å². The SMILES string of the molecule is C=C/C=C(\OC)C(C)=Nc1nn(CC(=C)C)c(C)c1C(=C)CO. The van der Waals surface area contributed by atoms with Gasteiger partial charge in [-0.05, 0) is 32.4 Å². The summed E-state index contributed by atoms with van der Waals surface area (Å²) in [7, 11) is 1.58. The van der Waals surface area contributed by atoms with E-state index >= 15 is 0 Å². The molecule has 23 heavy (non-hydrogen) atoms. The van der Waals surface area contributed by atoms with Crippen molar-refractivity contribution < 1.29 is 9.84 Å². The van der Waals surface area contributed by atoms with Gasteiger partial charge in [0.15, 0.2) is 5.82 Å². The second-order valence-electron chi connectivity index (χ2n) is 5.33. The Morgan fingerprint density at radius 3 is 2.52 bits per heavy atom. The first-order valence-corrected chi connectivity index (χ1v) is 7.28. The van der Waals surface area contributed by atoms with Crippen LogP contribution in [0.15, 0.2) is 48.2 Å². The maximum absolute atomic E-state index is 9.45. The van der Waals surface area contributed by atoms with Crippen molar-refractivity contribution >= 4 is 17.1 Å². The maximum atomic E-state index is 9.45. The lowest BCUT2D eigenvalue weighted by Crippen LogP contribution is -2.03. The van der Waals surface area contributed by atoms with E-state index in [2.05, 4.69) is 29.8 Å². The van der Waals surface area contributed by atoms with E-state index in [0.717, 1.165) is 16.8 Å². The number of hydrogen-bond acceptors (Lipinski definition) is 4. The standard InChI is InChI=1S/C18H25N3O2/c1-8-9-16(23-7)14(5)19-18-17(13(4)11-22)15(6)21(20-18)10-12(2)3/h8-9,22H,1-2,4,10-11H2,3,5-7H3/b16-9-,19-14?. The van der Waals surface area contributed by atoms with Crippen molar-refractivity contribution in [2.75, 3.05) is 13.7 Å². The lowest BCUT2D eigenvalue weighted by molar-refractivity contribution is 0.315. The molecule has 5 heteroatoms. The molecule has 0 amide bonds. The number of ether oxygens (including phenoxy) is 1. The first-order valence-electron chi connectivity index (χ1n) is 7.28. The highest BCUT2D eigenvalue weighted by Crippen LogP contribution is 2.29. The first kappa shape index (κ1) is 18.6. The van der Waals surface area contributed by atoms with Crippen molar-refractivity contribution in [2.45, 2.75) is 27.3 Å². The molecule has 124 valence electrons. The number of aliphatic imine (C=N–C) groups is 1. The normalized spacial score (nSPS) is 12.2. The third-order valence-electron chi connectivity index (χ3n) is 3.27. The predicted molar refractivity (Wildman–Crippen MR) is 96.0 cm³/mol. The Balaban J connectivity index is 3.44. The molecule has 1 heterocycles. The molecule has 0 saturated heterocycles. The van der Waals surface area contributed by atoms with Crippen LogP contribution in [0.1, 0.15) is 25.1 Å². The van der Waals surface area contributed by atoms with Gasteiger partial charge < -0.3 is 9.84 Å². The van der Waals surface area contributed by atoms with Gasteiger partial charge in [-0.2, -0.15) is 5.10 Å². The lowest BCUT2D eigenvalue weighted by atomic mass is 10.1. The van der Waals surface area contributed by atoms with Gasteiger partial charge in [0.25, 0.3) is 0 Å². The van der Waals surface area contributed by atoms with Crippen LogP contribution in [0.3, 0.4) is 0 Å². The van der Waals surface area contributed by atoms with Gasteiger partial charge in [-0.25, -0.2) is 4.99 Å². The van der Waals surface area contributed by atoms with Crippen LogP contribution in [0.2, 0.25) is 0 Å². The van der Waals surface area contributed by atoms with Gasteiger partial charge in [0, 0.05) is 11.3 Å². The van der Waals surface area contributed by atoms with Crippen LogP contribution in [0.4, 0.5) is 5.82 Å². The van der Waals surface area contributed by atoms with Crippen LogP contribution in [-0.2, 0) is 11.3 Å². The van der Waals surface area contributed by atoms with Crippen molar-refractivity contribution in [3.63, 3.8) is 0 Å². The van der Waals surface area contributed by atoms with Crippen molar-refractivity contribution in [1.82, 2.24) is 9.78 Å². The Kier molecular flexibility index (Phi) is 6.72. The van der Waals surface area contributed by atoms with Gasteiger partial charge in [0.05, 0.1) is 26.0 Å². The first-order chi connectivity index (χ1) is 10.8. The smallest absolute Gasteiger partial charge is 0.182 e. The number of aliphatic hydroxyl groups is 1. The highest BCUT2D eigenvalue weighted by atomic mass is 16.5. The minimum absolute atomic E-state index is 0.152. The summed E-state index contributed by atoms with van der Waals surface area (Å²) in [5, 5.41) is 14.0. The van der Waals surface area contributed by atoms with Gasteiger partial charge in [-0.1, -0.05) is 31.4 Å². The van der Waals surface area contributed by atoms with Gasteiger partial charge in [0.2, 0.25) is 0 Å². The van der Waals surface area contributed by atoms with Gasteiger partial charge in [-0.3, -0.25) is 4.68 Å². The van der Waals surface area contributed by atoms with Crippen molar-refractivity contribution in [1.29, 1.82) is 0 Å². The number of aliphatic hydroxyl groups excluding tert-OH is 1. The number of rotatable bonds is 8. The van der Waals surface area contributed by atoms with E-state index in [9.17, 15) is 5.11 Å². The summed E-state index contributed by atoms with van der Waals surface area (Å²) in [6.07, 6.45) is 3.37. The van der Waals surface area contributed by atoms with Crippen LogP contribution >= 0.6 is 0 Å². The Morgan fingerprint density at radius 2 is 2.04 bits per heavy atom. The summed E-state index contributed by atoms with van der Waals surface area (Å²) >= 11 is 0. The van der Waals surface area contributed by atoms with E-state index in [0.29, 0.717) is 29.4 Å². The van der Waals surface area contributed by atoms with Crippen LogP contribution in [0.25, 0.3) is 5.57 Å². The van der Waals surface area contributed by atoms with E-state index in [1.165, 1.54) is 0 Å². The van der Waals surface area contributed by atoms with Crippen LogP contribution < -0.4 is 0 Å². The van der Waals surface area contributed by atoms with Crippen LogP contribution in [0.5, 0.6) is 0 Å². The molecule has 1 rings (SSSR count). The Hall–Kier alpha value is -2.40. The molecule has 0 atom stereocenters. The molecule has 0 bridgehead atoms. The third-order valence-corrected chi connectivity index (χ3v) is 3.27. The Bertz CT molecular complexity index is 679. The molecule has 0 unspecified atom stereocenters.